The first-order valence-corrected chi connectivity index (χ1v) is 10.2. The van der Waals surface area contributed by atoms with E-state index in [1.165, 1.54) is 0 Å². The summed E-state index contributed by atoms with van der Waals surface area (Å²) in [7, 11) is -1.77. The zero-order chi connectivity index (χ0) is 14.0. The molecule has 1 unspecified atom stereocenters. The Morgan fingerprint density at radius 1 is 1.22 bits per heavy atom. The highest BCUT2D eigenvalue weighted by atomic mass is 79.9. The zero-order valence-electron chi connectivity index (χ0n) is 11.8. The Labute approximate surface area is 120 Å². The van der Waals surface area contributed by atoms with Gasteiger partial charge in [0.05, 0.1) is 6.10 Å². The fraction of sp³-hybridized carbons (Fsp3) is 0.571. The number of aliphatic hydroxyl groups is 1. The third-order valence-corrected chi connectivity index (χ3v) is 8.56. The molecule has 0 aliphatic carbocycles. The van der Waals surface area contributed by atoms with E-state index < -0.39 is 14.4 Å². The van der Waals surface area contributed by atoms with Gasteiger partial charge in [-0.1, -0.05) is 48.8 Å². The highest BCUT2D eigenvalue weighted by Gasteiger charge is 2.38. The Morgan fingerprint density at radius 2 is 1.72 bits per heavy atom. The quantitative estimate of drug-likeness (QED) is 0.650. The van der Waals surface area contributed by atoms with Crippen LogP contribution >= 0.6 is 15.9 Å². The van der Waals surface area contributed by atoms with Crippen LogP contribution in [0.5, 0.6) is 5.75 Å². The van der Waals surface area contributed by atoms with Crippen LogP contribution in [0.25, 0.3) is 0 Å². The Hall–Kier alpha value is -0.323. The molecule has 0 aliphatic heterocycles. The van der Waals surface area contributed by atoms with Crippen LogP contribution in [0.15, 0.2) is 24.3 Å². The van der Waals surface area contributed by atoms with E-state index >= 15 is 0 Å². The summed E-state index contributed by atoms with van der Waals surface area (Å²) in [5, 5.41) is 10.4. The number of aliphatic hydroxyl groups excluding tert-OH is 1. The van der Waals surface area contributed by atoms with Crippen LogP contribution in [0, 0.1) is 0 Å². The molecule has 0 spiro atoms. The van der Waals surface area contributed by atoms with Gasteiger partial charge in [0.2, 0.25) is 8.32 Å². The zero-order valence-corrected chi connectivity index (χ0v) is 14.4. The lowest BCUT2D eigenvalue weighted by Crippen LogP contribution is -2.43. The number of benzene rings is 1. The van der Waals surface area contributed by atoms with Gasteiger partial charge in [0.1, 0.15) is 5.75 Å². The van der Waals surface area contributed by atoms with Gasteiger partial charge in [0.25, 0.3) is 0 Å². The molecule has 1 aromatic carbocycles. The second-order valence-corrected chi connectivity index (χ2v) is 11.5. The maximum atomic E-state index is 9.70. The molecular formula is C14H23BrO2Si. The summed E-state index contributed by atoms with van der Waals surface area (Å²) in [5.41, 5.74) is 0.912. The van der Waals surface area contributed by atoms with Crippen LogP contribution in [0.3, 0.4) is 0 Å². The Kier molecular flexibility index (Phi) is 5.03. The van der Waals surface area contributed by atoms with Crippen molar-refractivity contribution in [3.05, 3.63) is 29.8 Å². The van der Waals surface area contributed by atoms with Gasteiger partial charge in [0.15, 0.2) is 0 Å². The molecule has 0 amide bonds. The highest BCUT2D eigenvalue weighted by molar-refractivity contribution is 9.09. The van der Waals surface area contributed by atoms with Gasteiger partial charge in [-0.15, -0.1) is 0 Å². The van der Waals surface area contributed by atoms with Crippen molar-refractivity contribution in [3.63, 3.8) is 0 Å². The molecule has 0 heterocycles. The maximum Gasteiger partial charge on any atom is 0.250 e. The minimum atomic E-state index is -1.77. The number of hydrogen-bond donors (Lipinski definition) is 1. The van der Waals surface area contributed by atoms with Crippen molar-refractivity contribution < 1.29 is 9.53 Å². The average molecular weight is 331 g/mol. The van der Waals surface area contributed by atoms with E-state index in [1.54, 1.807) is 0 Å². The third kappa shape index (κ3) is 3.83. The smallest absolute Gasteiger partial charge is 0.250 e. The summed E-state index contributed by atoms with van der Waals surface area (Å²) in [6, 6.07) is 7.74. The van der Waals surface area contributed by atoms with Gasteiger partial charge in [-0.05, 0) is 35.8 Å². The first-order chi connectivity index (χ1) is 8.17. The molecule has 2 nitrogen and oxygen atoms in total. The summed E-state index contributed by atoms with van der Waals surface area (Å²) in [4.78, 5) is 0. The summed E-state index contributed by atoms with van der Waals surface area (Å²) in [6.45, 7) is 11.1. The molecule has 0 bridgehead atoms. The predicted octanol–water partition coefficient (Wildman–Crippen LogP) is 4.50. The van der Waals surface area contributed by atoms with Crippen molar-refractivity contribution in [1.29, 1.82) is 0 Å². The van der Waals surface area contributed by atoms with Gasteiger partial charge >= 0.3 is 0 Å². The van der Waals surface area contributed by atoms with Gasteiger partial charge in [-0.3, -0.25) is 0 Å². The third-order valence-electron chi connectivity index (χ3n) is 3.59. The number of alkyl halides is 1. The van der Waals surface area contributed by atoms with Crippen molar-refractivity contribution >= 4 is 24.2 Å². The predicted molar refractivity (Wildman–Crippen MR) is 83.0 cm³/mol. The van der Waals surface area contributed by atoms with Crippen molar-refractivity contribution in [2.75, 3.05) is 5.33 Å². The molecule has 18 heavy (non-hydrogen) atoms. The second-order valence-electron chi connectivity index (χ2n) is 6.10. The summed E-state index contributed by atoms with van der Waals surface area (Å²) < 4.78 is 6.18. The molecule has 0 saturated carbocycles. The summed E-state index contributed by atoms with van der Waals surface area (Å²) in [5.74, 6) is 0.895. The second kappa shape index (κ2) is 5.76. The van der Waals surface area contributed by atoms with Crippen LogP contribution < -0.4 is 4.43 Å². The minimum absolute atomic E-state index is 0.195. The molecule has 0 fully saturated rings. The fourth-order valence-electron chi connectivity index (χ4n) is 1.29. The lowest BCUT2D eigenvalue weighted by Gasteiger charge is -2.36. The van der Waals surface area contributed by atoms with E-state index in [2.05, 4.69) is 49.8 Å². The number of hydrogen-bond acceptors (Lipinski definition) is 2. The number of halogens is 1. The Balaban J connectivity index is 2.81. The van der Waals surface area contributed by atoms with E-state index in [1.807, 2.05) is 24.3 Å². The van der Waals surface area contributed by atoms with Crippen LogP contribution in [0.2, 0.25) is 18.1 Å². The van der Waals surface area contributed by atoms with Crippen LogP contribution in [-0.2, 0) is 0 Å². The molecule has 1 N–H and O–H groups in total. The van der Waals surface area contributed by atoms with Gasteiger partial charge in [-0.2, -0.15) is 0 Å². The van der Waals surface area contributed by atoms with Gasteiger partial charge in [-0.25, -0.2) is 0 Å². The Morgan fingerprint density at radius 3 is 2.11 bits per heavy atom. The molecule has 1 rings (SSSR count). The topological polar surface area (TPSA) is 29.5 Å². The van der Waals surface area contributed by atoms with E-state index in [0.717, 1.165) is 11.3 Å². The lowest BCUT2D eigenvalue weighted by atomic mass is 10.1. The highest BCUT2D eigenvalue weighted by Crippen LogP contribution is 2.37. The Bertz CT molecular complexity index is 382. The lowest BCUT2D eigenvalue weighted by molar-refractivity contribution is 0.205. The molecule has 0 aliphatic rings. The monoisotopic (exact) mass is 330 g/mol. The first kappa shape index (κ1) is 15.7. The molecule has 0 saturated heterocycles. The molecule has 1 atom stereocenters. The van der Waals surface area contributed by atoms with E-state index in [9.17, 15) is 5.11 Å². The average Bonchev–Trinajstić information content (AvgIpc) is 2.27. The molecule has 0 radical (unpaired) electrons. The van der Waals surface area contributed by atoms with Crippen molar-refractivity contribution in [3.8, 4) is 5.75 Å². The fourth-order valence-corrected chi connectivity index (χ4v) is 2.70. The maximum absolute atomic E-state index is 9.70. The summed E-state index contributed by atoms with van der Waals surface area (Å²) >= 11 is 3.27. The molecule has 102 valence electrons. The van der Waals surface area contributed by atoms with Crippen molar-refractivity contribution in [2.24, 2.45) is 0 Å². The number of rotatable bonds is 4. The molecule has 4 heteroatoms. The van der Waals surface area contributed by atoms with E-state index in [-0.39, 0.29) is 5.04 Å². The largest absolute Gasteiger partial charge is 0.544 e. The van der Waals surface area contributed by atoms with E-state index in [4.69, 9.17) is 4.43 Å². The molecule has 0 aromatic heterocycles. The van der Waals surface area contributed by atoms with Crippen LogP contribution in [0.4, 0.5) is 0 Å². The standard InChI is InChI=1S/C14H23BrO2Si/c1-14(2,3)18(4,5)17-12-8-6-11(7-9-12)13(16)10-15/h6-9,13,16H,10H2,1-5H3. The van der Waals surface area contributed by atoms with Crippen LogP contribution in [-0.4, -0.2) is 18.8 Å². The van der Waals surface area contributed by atoms with Crippen LogP contribution in [0.1, 0.15) is 32.4 Å². The summed E-state index contributed by atoms with van der Waals surface area (Å²) in [6.07, 6.45) is -0.452. The SMILES string of the molecule is CC(C)(C)[Si](C)(C)Oc1ccc(C(O)CBr)cc1. The molecular weight excluding hydrogens is 308 g/mol. The minimum Gasteiger partial charge on any atom is -0.544 e. The van der Waals surface area contributed by atoms with Crippen molar-refractivity contribution in [1.82, 2.24) is 0 Å². The van der Waals surface area contributed by atoms with E-state index in [0.29, 0.717) is 5.33 Å². The normalized spacial score (nSPS) is 14.4. The van der Waals surface area contributed by atoms with Crippen molar-refractivity contribution in [2.45, 2.75) is 45.0 Å². The first-order valence-electron chi connectivity index (χ1n) is 6.20. The van der Waals surface area contributed by atoms with Gasteiger partial charge < -0.3 is 9.53 Å². The van der Waals surface area contributed by atoms with Gasteiger partial charge in [0, 0.05) is 5.33 Å². The molecule has 1 aromatic rings.